The minimum absolute atomic E-state index is 0.485. The summed E-state index contributed by atoms with van der Waals surface area (Å²) in [7, 11) is 3.86. The quantitative estimate of drug-likeness (QED) is 0.848. The molecule has 1 saturated heterocycles. The van der Waals surface area contributed by atoms with Crippen LogP contribution in [0, 0.1) is 6.92 Å². The van der Waals surface area contributed by atoms with Gasteiger partial charge in [-0.25, -0.2) is 9.97 Å². The van der Waals surface area contributed by atoms with E-state index in [-0.39, 0.29) is 0 Å². The molecule has 2 aromatic rings. The van der Waals surface area contributed by atoms with Crippen LogP contribution in [0.5, 0.6) is 5.75 Å². The highest BCUT2D eigenvalue weighted by Gasteiger charge is 2.27. The van der Waals surface area contributed by atoms with E-state index in [1.54, 1.807) is 13.4 Å². The second kappa shape index (κ2) is 6.96. The molecule has 0 saturated carbocycles. The highest BCUT2D eigenvalue weighted by Crippen LogP contribution is 2.24. The molecule has 1 aromatic carbocycles. The van der Waals surface area contributed by atoms with E-state index < -0.39 is 0 Å². The lowest BCUT2D eigenvalue weighted by Gasteiger charge is -2.26. The first kappa shape index (κ1) is 15.7. The van der Waals surface area contributed by atoms with Crippen molar-refractivity contribution in [2.24, 2.45) is 0 Å². The van der Waals surface area contributed by atoms with Gasteiger partial charge in [0.25, 0.3) is 0 Å². The first-order chi connectivity index (χ1) is 11.2. The predicted molar refractivity (Wildman–Crippen MR) is 91.8 cm³/mol. The molecule has 0 radical (unpaired) electrons. The Morgan fingerprint density at radius 2 is 2.13 bits per heavy atom. The average Bonchev–Trinajstić information content (AvgIpc) is 3.03. The van der Waals surface area contributed by atoms with Gasteiger partial charge in [-0.3, -0.25) is 4.90 Å². The van der Waals surface area contributed by atoms with Crippen LogP contribution in [0.1, 0.15) is 17.7 Å². The van der Waals surface area contributed by atoms with Gasteiger partial charge in [0, 0.05) is 50.0 Å². The van der Waals surface area contributed by atoms with Gasteiger partial charge < -0.3 is 9.64 Å². The zero-order valence-corrected chi connectivity index (χ0v) is 14.1. The zero-order chi connectivity index (χ0) is 16.2. The van der Waals surface area contributed by atoms with Gasteiger partial charge in [-0.15, -0.1) is 0 Å². The summed E-state index contributed by atoms with van der Waals surface area (Å²) >= 11 is 0. The summed E-state index contributed by atoms with van der Waals surface area (Å²) in [6.07, 6.45) is 2.79. The van der Waals surface area contributed by atoms with Crippen molar-refractivity contribution in [3.05, 3.63) is 47.9 Å². The molecule has 3 rings (SSSR count). The van der Waals surface area contributed by atoms with Crippen molar-refractivity contribution < 1.29 is 4.74 Å². The largest absolute Gasteiger partial charge is 0.496 e. The lowest BCUT2D eigenvalue weighted by atomic mass is 10.2. The number of hydrogen-bond donors (Lipinski definition) is 0. The van der Waals surface area contributed by atoms with Crippen LogP contribution < -0.4 is 9.64 Å². The van der Waals surface area contributed by atoms with Crippen molar-refractivity contribution in [2.45, 2.75) is 25.9 Å². The van der Waals surface area contributed by atoms with Gasteiger partial charge in [-0.1, -0.05) is 18.2 Å². The maximum atomic E-state index is 5.46. The fourth-order valence-corrected chi connectivity index (χ4v) is 3.17. The molecule has 0 spiro atoms. The number of hydrogen-bond acceptors (Lipinski definition) is 5. The second-order valence-corrected chi connectivity index (χ2v) is 6.12. The van der Waals surface area contributed by atoms with Crippen LogP contribution >= 0.6 is 0 Å². The third-order valence-corrected chi connectivity index (χ3v) is 4.53. The molecular weight excluding hydrogens is 288 g/mol. The summed E-state index contributed by atoms with van der Waals surface area (Å²) in [5, 5.41) is 0. The van der Waals surface area contributed by atoms with E-state index in [1.807, 2.05) is 25.1 Å². The summed E-state index contributed by atoms with van der Waals surface area (Å²) in [6.45, 7) is 5.06. The Morgan fingerprint density at radius 1 is 1.30 bits per heavy atom. The van der Waals surface area contributed by atoms with E-state index in [4.69, 9.17) is 4.74 Å². The molecule has 0 aliphatic carbocycles. The van der Waals surface area contributed by atoms with Crippen LogP contribution in [0.25, 0.3) is 0 Å². The van der Waals surface area contributed by atoms with Crippen molar-refractivity contribution >= 4 is 5.82 Å². The smallest absolute Gasteiger partial charge is 0.132 e. The number of para-hydroxylation sites is 1. The highest BCUT2D eigenvalue weighted by molar-refractivity contribution is 5.39. The van der Waals surface area contributed by atoms with E-state index >= 15 is 0 Å². The third-order valence-electron chi connectivity index (χ3n) is 4.53. The SMILES string of the molecule is COc1ccccc1CN1CCC(N(C)c2cc(C)ncn2)C1. The Balaban J connectivity index is 1.64. The topological polar surface area (TPSA) is 41.5 Å². The number of methoxy groups -OCH3 is 1. The normalized spacial score (nSPS) is 18.1. The number of nitrogens with zero attached hydrogens (tertiary/aromatic N) is 4. The number of aromatic nitrogens is 2. The minimum Gasteiger partial charge on any atom is -0.496 e. The second-order valence-electron chi connectivity index (χ2n) is 6.12. The number of likely N-dealkylation sites (tertiary alicyclic amines) is 1. The summed E-state index contributed by atoms with van der Waals surface area (Å²) in [6, 6.07) is 10.8. The monoisotopic (exact) mass is 312 g/mol. The highest BCUT2D eigenvalue weighted by atomic mass is 16.5. The molecule has 0 amide bonds. The van der Waals surface area contributed by atoms with E-state index in [2.05, 4.69) is 38.9 Å². The Labute approximate surface area is 137 Å². The van der Waals surface area contributed by atoms with Crippen LogP contribution in [-0.4, -0.2) is 48.2 Å². The third kappa shape index (κ3) is 3.62. The average molecular weight is 312 g/mol. The number of likely N-dealkylation sites (N-methyl/N-ethyl adjacent to an activating group) is 1. The molecule has 1 unspecified atom stereocenters. The Hall–Kier alpha value is -2.14. The molecule has 1 aromatic heterocycles. The van der Waals surface area contributed by atoms with E-state index in [0.29, 0.717) is 6.04 Å². The van der Waals surface area contributed by atoms with E-state index in [9.17, 15) is 0 Å². The number of aryl methyl sites for hydroxylation is 1. The molecule has 23 heavy (non-hydrogen) atoms. The van der Waals surface area contributed by atoms with Crippen molar-refractivity contribution in [3.63, 3.8) is 0 Å². The van der Waals surface area contributed by atoms with Crippen LogP contribution in [-0.2, 0) is 6.54 Å². The van der Waals surface area contributed by atoms with E-state index in [0.717, 1.165) is 43.3 Å². The molecular formula is C18H24N4O. The maximum Gasteiger partial charge on any atom is 0.132 e. The molecule has 0 bridgehead atoms. The first-order valence-electron chi connectivity index (χ1n) is 8.03. The molecule has 1 aliphatic rings. The van der Waals surface area contributed by atoms with Gasteiger partial charge in [0.2, 0.25) is 0 Å². The van der Waals surface area contributed by atoms with Crippen LogP contribution in [0.3, 0.4) is 0 Å². The Kier molecular flexibility index (Phi) is 4.76. The van der Waals surface area contributed by atoms with Gasteiger partial charge >= 0.3 is 0 Å². The fraction of sp³-hybridized carbons (Fsp3) is 0.444. The Morgan fingerprint density at radius 3 is 2.91 bits per heavy atom. The summed E-state index contributed by atoms with van der Waals surface area (Å²) in [5.74, 6) is 1.97. The molecule has 5 nitrogen and oxygen atoms in total. The number of ether oxygens (including phenoxy) is 1. The Bertz CT molecular complexity index is 661. The molecule has 122 valence electrons. The zero-order valence-electron chi connectivity index (χ0n) is 14.1. The standard InChI is InChI=1S/C18H24N4O/c1-14-10-18(20-13-19-14)21(2)16-8-9-22(12-16)11-15-6-4-5-7-17(15)23-3/h4-7,10,13,16H,8-9,11-12H2,1-3H3. The number of benzene rings is 1. The molecule has 2 heterocycles. The van der Waals surface area contributed by atoms with Gasteiger partial charge in [0.1, 0.15) is 17.9 Å². The lowest BCUT2D eigenvalue weighted by Crippen LogP contribution is -2.35. The number of anilines is 1. The van der Waals surface area contributed by atoms with Gasteiger partial charge in [-0.2, -0.15) is 0 Å². The van der Waals surface area contributed by atoms with Crippen molar-refractivity contribution in [1.82, 2.24) is 14.9 Å². The fourth-order valence-electron chi connectivity index (χ4n) is 3.17. The summed E-state index contributed by atoms with van der Waals surface area (Å²) in [4.78, 5) is 13.3. The minimum atomic E-state index is 0.485. The summed E-state index contributed by atoms with van der Waals surface area (Å²) in [5.41, 5.74) is 2.25. The van der Waals surface area contributed by atoms with Gasteiger partial charge in [-0.05, 0) is 19.4 Å². The lowest BCUT2D eigenvalue weighted by molar-refractivity contribution is 0.316. The molecule has 1 aliphatic heterocycles. The van der Waals surface area contributed by atoms with E-state index in [1.165, 1.54) is 5.56 Å². The molecule has 5 heteroatoms. The van der Waals surface area contributed by atoms with Crippen molar-refractivity contribution in [3.8, 4) is 5.75 Å². The molecule has 0 N–H and O–H groups in total. The van der Waals surface area contributed by atoms with Crippen LogP contribution in [0.2, 0.25) is 0 Å². The number of rotatable bonds is 5. The summed E-state index contributed by atoms with van der Waals surface area (Å²) < 4.78 is 5.46. The van der Waals surface area contributed by atoms with Crippen LogP contribution in [0.15, 0.2) is 36.7 Å². The van der Waals surface area contributed by atoms with Crippen LogP contribution in [0.4, 0.5) is 5.82 Å². The molecule has 1 atom stereocenters. The van der Waals surface area contributed by atoms with Crippen molar-refractivity contribution in [1.29, 1.82) is 0 Å². The van der Waals surface area contributed by atoms with Gasteiger partial charge in [0.05, 0.1) is 7.11 Å². The van der Waals surface area contributed by atoms with Crippen molar-refractivity contribution in [2.75, 3.05) is 32.1 Å². The van der Waals surface area contributed by atoms with Gasteiger partial charge in [0.15, 0.2) is 0 Å². The first-order valence-corrected chi connectivity index (χ1v) is 8.03. The molecule has 1 fully saturated rings. The predicted octanol–water partition coefficient (Wildman–Crippen LogP) is 2.50. The maximum absolute atomic E-state index is 5.46.